The standard InChI is InChI=1S/C17H12BrNO/c1-11-6-7-12-10-13(8-9-16(12)19-11)17(20)14-4-2-3-5-15(14)18/h2-10H,1H3. The fraction of sp³-hybridized carbons (Fsp3) is 0.0588. The van der Waals surface area contributed by atoms with Gasteiger partial charge in [0.1, 0.15) is 0 Å². The number of pyridine rings is 1. The second kappa shape index (κ2) is 5.17. The van der Waals surface area contributed by atoms with Crippen LogP contribution >= 0.6 is 15.9 Å². The Hall–Kier alpha value is -2.00. The topological polar surface area (TPSA) is 30.0 Å². The van der Waals surface area contributed by atoms with Crippen molar-refractivity contribution in [1.82, 2.24) is 4.98 Å². The van der Waals surface area contributed by atoms with Crippen molar-refractivity contribution in [1.29, 1.82) is 0 Å². The van der Waals surface area contributed by atoms with Gasteiger partial charge in [-0.3, -0.25) is 9.78 Å². The summed E-state index contributed by atoms with van der Waals surface area (Å²) in [5.41, 5.74) is 3.23. The minimum Gasteiger partial charge on any atom is -0.289 e. The molecule has 0 bridgehead atoms. The second-order valence-electron chi connectivity index (χ2n) is 4.67. The van der Waals surface area contributed by atoms with Crippen LogP contribution in [0.2, 0.25) is 0 Å². The van der Waals surface area contributed by atoms with E-state index in [1.165, 1.54) is 0 Å². The van der Waals surface area contributed by atoms with Gasteiger partial charge in [0.15, 0.2) is 5.78 Å². The van der Waals surface area contributed by atoms with Gasteiger partial charge in [-0.25, -0.2) is 0 Å². The van der Waals surface area contributed by atoms with Gasteiger partial charge in [0.25, 0.3) is 0 Å². The summed E-state index contributed by atoms with van der Waals surface area (Å²) in [7, 11) is 0. The molecule has 3 heteroatoms. The minimum atomic E-state index is 0.0138. The summed E-state index contributed by atoms with van der Waals surface area (Å²) in [4.78, 5) is 17.0. The molecule has 0 aliphatic rings. The van der Waals surface area contributed by atoms with Crippen LogP contribution in [0.25, 0.3) is 10.9 Å². The van der Waals surface area contributed by atoms with E-state index in [4.69, 9.17) is 0 Å². The van der Waals surface area contributed by atoms with E-state index in [1.807, 2.05) is 61.5 Å². The van der Waals surface area contributed by atoms with E-state index in [-0.39, 0.29) is 5.78 Å². The number of aromatic nitrogens is 1. The predicted molar refractivity (Wildman–Crippen MR) is 84.1 cm³/mol. The maximum atomic E-state index is 12.5. The molecule has 3 rings (SSSR count). The van der Waals surface area contributed by atoms with Crippen molar-refractivity contribution in [2.75, 3.05) is 0 Å². The molecule has 20 heavy (non-hydrogen) atoms. The van der Waals surface area contributed by atoms with Crippen LogP contribution in [0, 0.1) is 6.92 Å². The summed E-state index contributed by atoms with van der Waals surface area (Å²) in [6.45, 7) is 1.96. The van der Waals surface area contributed by atoms with Crippen LogP contribution in [0.4, 0.5) is 0 Å². The number of rotatable bonds is 2. The molecule has 1 heterocycles. The lowest BCUT2D eigenvalue weighted by molar-refractivity contribution is 0.103. The number of carbonyl (C=O) groups excluding carboxylic acids is 1. The lowest BCUT2D eigenvalue weighted by atomic mass is 10.0. The van der Waals surface area contributed by atoms with Gasteiger partial charge in [-0.05, 0) is 43.3 Å². The highest BCUT2D eigenvalue weighted by Crippen LogP contribution is 2.22. The molecule has 0 aliphatic heterocycles. The third-order valence-corrected chi connectivity index (χ3v) is 3.90. The number of nitrogens with zero attached hydrogens (tertiary/aromatic N) is 1. The highest BCUT2D eigenvalue weighted by atomic mass is 79.9. The van der Waals surface area contributed by atoms with Gasteiger partial charge in [-0.2, -0.15) is 0 Å². The van der Waals surface area contributed by atoms with Crippen LogP contribution in [-0.4, -0.2) is 10.8 Å². The first kappa shape index (κ1) is 13.0. The van der Waals surface area contributed by atoms with Gasteiger partial charge < -0.3 is 0 Å². The molecule has 3 aromatic rings. The van der Waals surface area contributed by atoms with Gasteiger partial charge >= 0.3 is 0 Å². The van der Waals surface area contributed by atoms with Gasteiger partial charge in [0.05, 0.1) is 5.52 Å². The van der Waals surface area contributed by atoms with Crippen LogP contribution in [0.15, 0.2) is 59.1 Å². The van der Waals surface area contributed by atoms with E-state index in [2.05, 4.69) is 20.9 Å². The summed E-state index contributed by atoms with van der Waals surface area (Å²) in [5, 5.41) is 0.980. The Balaban J connectivity index is 2.09. The van der Waals surface area contributed by atoms with Crippen molar-refractivity contribution in [3.63, 3.8) is 0 Å². The van der Waals surface area contributed by atoms with E-state index in [0.29, 0.717) is 11.1 Å². The summed E-state index contributed by atoms with van der Waals surface area (Å²) in [6.07, 6.45) is 0. The average molecular weight is 326 g/mol. The largest absolute Gasteiger partial charge is 0.289 e. The number of fused-ring (bicyclic) bond motifs is 1. The Bertz CT molecular complexity index is 811. The van der Waals surface area contributed by atoms with E-state index < -0.39 is 0 Å². The molecule has 0 saturated carbocycles. The van der Waals surface area contributed by atoms with Crippen LogP contribution < -0.4 is 0 Å². The number of benzene rings is 2. The molecular formula is C17H12BrNO. The Kier molecular flexibility index (Phi) is 3.36. The Morgan fingerprint density at radius 2 is 1.85 bits per heavy atom. The van der Waals surface area contributed by atoms with Crippen LogP contribution in [0.3, 0.4) is 0 Å². The van der Waals surface area contributed by atoms with E-state index in [1.54, 1.807) is 0 Å². The molecule has 2 nitrogen and oxygen atoms in total. The van der Waals surface area contributed by atoms with Crippen molar-refractivity contribution in [3.8, 4) is 0 Å². The first-order valence-electron chi connectivity index (χ1n) is 6.32. The average Bonchev–Trinajstić information content (AvgIpc) is 2.46. The SMILES string of the molecule is Cc1ccc2cc(C(=O)c3ccccc3Br)ccc2n1. The zero-order chi connectivity index (χ0) is 14.1. The quantitative estimate of drug-likeness (QED) is 0.647. The molecule has 0 aliphatic carbocycles. The lowest BCUT2D eigenvalue weighted by Gasteiger charge is -2.05. The highest BCUT2D eigenvalue weighted by molar-refractivity contribution is 9.10. The zero-order valence-electron chi connectivity index (χ0n) is 10.9. The van der Waals surface area contributed by atoms with E-state index >= 15 is 0 Å². The number of aryl methyl sites for hydroxylation is 1. The van der Waals surface area contributed by atoms with Crippen LogP contribution in [0.5, 0.6) is 0 Å². The Morgan fingerprint density at radius 3 is 2.65 bits per heavy atom. The van der Waals surface area contributed by atoms with Gasteiger partial charge in [0, 0.05) is 26.7 Å². The highest BCUT2D eigenvalue weighted by Gasteiger charge is 2.12. The molecule has 0 N–H and O–H groups in total. The summed E-state index contributed by atoms with van der Waals surface area (Å²) in [5.74, 6) is 0.0138. The zero-order valence-corrected chi connectivity index (χ0v) is 12.5. The third kappa shape index (κ3) is 2.37. The number of carbonyl (C=O) groups is 1. The van der Waals surface area contributed by atoms with Gasteiger partial charge in [-0.1, -0.05) is 34.1 Å². The van der Waals surface area contributed by atoms with Crippen molar-refractivity contribution in [3.05, 3.63) is 75.9 Å². The lowest BCUT2D eigenvalue weighted by Crippen LogP contribution is -2.02. The molecular weight excluding hydrogens is 314 g/mol. The molecule has 0 radical (unpaired) electrons. The number of ketones is 1. The third-order valence-electron chi connectivity index (χ3n) is 3.21. The molecule has 0 spiro atoms. The Labute approximate surface area is 125 Å². The molecule has 0 fully saturated rings. The Morgan fingerprint density at radius 1 is 1.05 bits per heavy atom. The van der Waals surface area contributed by atoms with Crippen molar-refractivity contribution in [2.45, 2.75) is 6.92 Å². The molecule has 98 valence electrons. The molecule has 0 unspecified atom stereocenters. The predicted octanol–water partition coefficient (Wildman–Crippen LogP) is 4.54. The van der Waals surface area contributed by atoms with Crippen molar-refractivity contribution < 1.29 is 4.79 Å². The van der Waals surface area contributed by atoms with Crippen molar-refractivity contribution in [2.24, 2.45) is 0 Å². The summed E-state index contributed by atoms with van der Waals surface area (Å²) < 4.78 is 0.812. The van der Waals surface area contributed by atoms with Gasteiger partial charge in [0.2, 0.25) is 0 Å². The molecule has 0 atom stereocenters. The van der Waals surface area contributed by atoms with Crippen molar-refractivity contribution >= 4 is 32.6 Å². The van der Waals surface area contributed by atoms with Crippen LogP contribution in [-0.2, 0) is 0 Å². The summed E-state index contributed by atoms with van der Waals surface area (Å²) >= 11 is 3.42. The number of halogens is 1. The number of hydrogen-bond donors (Lipinski definition) is 0. The first-order valence-corrected chi connectivity index (χ1v) is 7.11. The smallest absolute Gasteiger partial charge is 0.194 e. The number of hydrogen-bond acceptors (Lipinski definition) is 2. The van der Waals surface area contributed by atoms with E-state index in [9.17, 15) is 4.79 Å². The monoisotopic (exact) mass is 325 g/mol. The van der Waals surface area contributed by atoms with Crippen LogP contribution in [0.1, 0.15) is 21.6 Å². The molecule has 0 saturated heterocycles. The normalized spacial score (nSPS) is 10.7. The second-order valence-corrected chi connectivity index (χ2v) is 5.52. The maximum Gasteiger partial charge on any atom is 0.194 e. The maximum absolute atomic E-state index is 12.5. The fourth-order valence-electron chi connectivity index (χ4n) is 2.17. The van der Waals surface area contributed by atoms with E-state index in [0.717, 1.165) is 21.1 Å². The minimum absolute atomic E-state index is 0.0138. The molecule has 1 aromatic heterocycles. The fourth-order valence-corrected chi connectivity index (χ4v) is 2.63. The summed E-state index contributed by atoms with van der Waals surface area (Å²) in [6, 6.07) is 17.0. The van der Waals surface area contributed by atoms with Gasteiger partial charge in [-0.15, -0.1) is 0 Å². The molecule has 2 aromatic carbocycles. The molecule has 0 amide bonds. The first-order chi connectivity index (χ1) is 9.65.